The van der Waals surface area contributed by atoms with Crippen molar-refractivity contribution >= 4 is 5.69 Å². The van der Waals surface area contributed by atoms with Crippen LogP contribution in [0.3, 0.4) is 0 Å². The molecule has 0 radical (unpaired) electrons. The van der Waals surface area contributed by atoms with E-state index < -0.39 is 0 Å². The number of methoxy groups -OCH3 is 2. The Morgan fingerprint density at radius 2 is 1.57 bits per heavy atom. The third-order valence-corrected chi connectivity index (χ3v) is 3.09. The minimum atomic E-state index is 0.532. The summed E-state index contributed by atoms with van der Waals surface area (Å²) in [6, 6.07) is 15.8. The zero-order valence-electron chi connectivity index (χ0n) is 12.5. The quantitative estimate of drug-likeness (QED) is 0.756. The molecule has 0 unspecified atom stereocenters. The van der Waals surface area contributed by atoms with Crippen LogP contribution in [0.2, 0.25) is 0 Å². The monoisotopic (exact) mass is 287 g/mol. The van der Waals surface area contributed by atoms with Gasteiger partial charge in [-0.05, 0) is 18.2 Å². The topological polar surface area (TPSA) is 39.7 Å². The maximum Gasteiger partial charge on any atom is 0.142 e. The summed E-state index contributed by atoms with van der Waals surface area (Å²) in [5, 5.41) is 3.39. The van der Waals surface area contributed by atoms with Crippen molar-refractivity contribution < 1.29 is 14.2 Å². The number of anilines is 1. The molecule has 1 N–H and O–H groups in total. The lowest BCUT2D eigenvalue weighted by Gasteiger charge is -2.14. The fraction of sp³-hybridized carbons (Fsp3) is 0.294. The highest BCUT2D eigenvalue weighted by molar-refractivity contribution is 5.56. The number of para-hydroxylation sites is 3. The predicted molar refractivity (Wildman–Crippen MR) is 84.1 cm³/mol. The molecule has 0 aliphatic rings. The molecule has 0 aliphatic heterocycles. The second kappa shape index (κ2) is 8.17. The second-order valence-electron chi connectivity index (χ2n) is 4.50. The Kier molecular flexibility index (Phi) is 5.91. The molecule has 0 amide bonds. The molecule has 0 fully saturated rings. The van der Waals surface area contributed by atoms with Crippen LogP contribution < -0.4 is 14.8 Å². The Labute approximate surface area is 125 Å². The molecule has 4 heteroatoms. The van der Waals surface area contributed by atoms with Crippen molar-refractivity contribution in [3.63, 3.8) is 0 Å². The fourth-order valence-electron chi connectivity index (χ4n) is 2.01. The first kappa shape index (κ1) is 15.2. The Balaban J connectivity index is 2.02. The first-order valence-corrected chi connectivity index (χ1v) is 6.91. The highest BCUT2D eigenvalue weighted by Gasteiger charge is 2.05. The molecule has 0 aromatic heterocycles. The second-order valence-corrected chi connectivity index (χ2v) is 4.50. The highest BCUT2D eigenvalue weighted by atomic mass is 16.5. The number of hydrogen-bond acceptors (Lipinski definition) is 4. The van der Waals surface area contributed by atoms with E-state index in [0.29, 0.717) is 19.8 Å². The summed E-state index contributed by atoms with van der Waals surface area (Å²) in [7, 11) is 3.34. The van der Waals surface area contributed by atoms with Gasteiger partial charge in [0.1, 0.15) is 18.1 Å². The minimum absolute atomic E-state index is 0.532. The van der Waals surface area contributed by atoms with Gasteiger partial charge in [-0.2, -0.15) is 0 Å². The van der Waals surface area contributed by atoms with E-state index in [1.165, 1.54) is 0 Å². The molecule has 0 spiro atoms. The molecule has 2 aromatic rings. The summed E-state index contributed by atoms with van der Waals surface area (Å²) < 4.78 is 16.1. The van der Waals surface area contributed by atoms with Gasteiger partial charge < -0.3 is 19.5 Å². The standard InChI is InChI=1S/C17H21NO3/c1-19-11-12-21-17-10-6-4-8-15(17)18-13-14-7-3-5-9-16(14)20-2/h3-10,18H,11-13H2,1-2H3. The van der Waals surface area contributed by atoms with Crippen LogP contribution in [0.25, 0.3) is 0 Å². The summed E-state index contributed by atoms with van der Waals surface area (Å²) in [5.41, 5.74) is 2.06. The van der Waals surface area contributed by atoms with Gasteiger partial charge in [0, 0.05) is 19.2 Å². The molecule has 0 saturated heterocycles. The molecule has 0 bridgehead atoms. The summed E-state index contributed by atoms with van der Waals surface area (Å²) in [6.45, 7) is 1.78. The van der Waals surface area contributed by atoms with Crippen molar-refractivity contribution in [2.45, 2.75) is 6.54 Å². The average molecular weight is 287 g/mol. The molecule has 112 valence electrons. The zero-order valence-corrected chi connectivity index (χ0v) is 12.5. The Hall–Kier alpha value is -2.20. The van der Waals surface area contributed by atoms with Gasteiger partial charge in [0.15, 0.2) is 0 Å². The maximum atomic E-state index is 5.70. The van der Waals surface area contributed by atoms with Crippen molar-refractivity contribution in [1.82, 2.24) is 0 Å². The lowest BCUT2D eigenvalue weighted by Crippen LogP contribution is -2.07. The normalized spacial score (nSPS) is 10.2. The van der Waals surface area contributed by atoms with E-state index >= 15 is 0 Å². The third-order valence-electron chi connectivity index (χ3n) is 3.09. The summed E-state index contributed by atoms with van der Waals surface area (Å²) in [5.74, 6) is 1.70. The molecule has 2 rings (SSSR count). The lowest BCUT2D eigenvalue weighted by atomic mass is 10.2. The smallest absolute Gasteiger partial charge is 0.142 e. The SMILES string of the molecule is COCCOc1ccccc1NCc1ccccc1OC. The maximum absolute atomic E-state index is 5.70. The van der Waals surface area contributed by atoms with E-state index in [2.05, 4.69) is 5.32 Å². The number of benzene rings is 2. The van der Waals surface area contributed by atoms with Crippen molar-refractivity contribution in [2.24, 2.45) is 0 Å². The number of ether oxygens (including phenoxy) is 3. The van der Waals surface area contributed by atoms with Crippen LogP contribution in [0.5, 0.6) is 11.5 Å². The molecule has 0 heterocycles. The van der Waals surface area contributed by atoms with E-state index in [1.54, 1.807) is 14.2 Å². The van der Waals surface area contributed by atoms with Gasteiger partial charge in [-0.1, -0.05) is 30.3 Å². The van der Waals surface area contributed by atoms with Crippen molar-refractivity contribution in [3.8, 4) is 11.5 Å². The van der Waals surface area contributed by atoms with Gasteiger partial charge in [-0.25, -0.2) is 0 Å². The number of nitrogens with one attached hydrogen (secondary N) is 1. The molecular formula is C17H21NO3. The molecule has 0 atom stereocenters. The molecular weight excluding hydrogens is 266 g/mol. The fourth-order valence-corrected chi connectivity index (χ4v) is 2.01. The number of hydrogen-bond donors (Lipinski definition) is 1. The van der Waals surface area contributed by atoms with Gasteiger partial charge in [0.25, 0.3) is 0 Å². The molecule has 2 aromatic carbocycles. The van der Waals surface area contributed by atoms with Crippen LogP contribution in [0.1, 0.15) is 5.56 Å². The first-order valence-electron chi connectivity index (χ1n) is 6.91. The molecule has 0 saturated carbocycles. The zero-order chi connectivity index (χ0) is 14.9. The van der Waals surface area contributed by atoms with Crippen LogP contribution in [0, 0.1) is 0 Å². The Morgan fingerprint density at radius 1 is 0.857 bits per heavy atom. The molecule has 21 heavy (non-hydrogen) atoms. The van der Waals surface area contributed by atoms with E-state index in [-0.39, 0.29) is 0 Å². The highest BCUT2D eigenvalue weighted by Crippen LogP contribution is 2.25. The largest absolute Gasteiger partial charge is 0.496 e. The third kappa shape index (κ3) is 4.39. The summed E-state index contributed by atoms with van der Waals surface area (Å²) in [4.78, 5) is 0. The number of rotatable bonds is 8. The van der Waals surface area contributed by atoms with Gasteiger partial charge >= 0.3 is 0 Å². The van der Waals surface area contributed by atoms with Crippen LogP contribution in [-0.4, -0.2) is 27.4 Å². The van der Waals surface area contributed by atoms with Crippen molar-refractivity contribution in [2.75, 3.05) is 32.8 Å². The van der Waals surface area contributed by atoms with Crippen LogP contribution in [-0.2, 0) is 11.3 Å². The van der Waals surface area contributed by atoms with E-state index in [1.807, 2.05) is 48.5 Å². The van der Waals surface area contributed by atoms with E-state index in [9.17, 15) is 0 Å². The van der Waals surface area contributed by atoms with E-state index in [0.717, 1.165) is 22.7 Å². The average Bonchev–Trinajstić information content (AvgIpc) is 2.54. The van der Waals surface area contributed by atoms with Crippen LogP contribution in [0.15, 0.2) is 48.5 Å². The van der Waals surface area contributed by atoms with E-state index in [4.69, 9.17) is 14.2 Å². The van der Waals surface area contributed by atoms with Crippen molar-refractivity contribution in [3.05, 3.63) is 54.1 Å². The van der Waals surface area contributed by atoms with Gasteiger partial charge in [0.05, 0.1) is 19.4 Å². The van der Waals surface area contributed by atoms with Crippen LogP contribution in [0.4, 0.5) is 5.69 Å². The Morgan fingerprint density at radius 3 is 2.33 bits per heavy atom. The molecule has 4 nitrogen and oxygen atoms in total. The minimum Gasteiger partial charge on any atom is -0.496 e. The van der Waals surface area contributed by atoms with Gasteiger partial charge in [-0.3, -0.25) is 0 Å². The van der Waals surface area contributed by atoms with Gasteiger partial charge in [-0.15, -0.1) is 0 Å². The van der Waals surface area contributed by atoms with Crippen LogP contribution >= 0.6 is 0 Å². The summed E-state index contributed by atoms with van der Waals surface area (Å²) >= 11 is 0. The van der Waals surface area contributed by atoms with Crippen molar-refractivity contribution in [1.29, 1.82) is 0 Å². The van der Waals surface area contributed by atoms with Gasteiger partial charge in [0.2, 0.25) is 0 Å². The summed E-state index contributed by atoms with van der Waals surface area (Å²) in [6.07, 6.45) is 0. The molecule has 0 aliphatic carbocycles. The first-order chi connectivity index (χ1) is 10.3. The lowest BCUT2D eigenvalue weighted by molar-refractivity contribution is 0.146. The Bertz CT molecular complexity index is 557. The predicted octanol–water partition coefficient (Wildman–Crippen LogP) is 3.33.